The molecule has 1 unspecified atom stereocenters. The second-order valence-corrected chi connectivity index (χ2v) is 8.10. The van der Waals surface area contributed by atoms with E-state index in [1.54, 1.807) is 0 Å². The van der Waals surface area contributed by atoms with Gasteiger partial charge in [0.25, 0.3) is 5.91 Å². The first kappa shape index (κ1) is 21.8. The average Bonchev–Trinajstić information content (AvgIpc) is 2.65. The standard InChI is InChI=1S/C24H33NO3/c1-7-20(28-21-14-10-11-17(2)18(21)3)23(26)25-15-16-27-22-13-9-8-12-19(22)24(4,5)6/h8-14,20H,7,15-16H2,1-6H3,(H,25,26). The van der Waals surface area contributed by atoms with Crippen molar-refractivity contribution < 1.29 is 14.3 Å². The van der Waals surface area contributed by atoms with Crippen LogP contribution in [0.4, 0.5) is 0 Å². The highest BCUT2D eigenvalue weighted by atomic mass is 16.5. The van der Waals surface area contributed by atoms with Crippen LogP contribution < -0.4 is 14.8 Å². The van der Waals surface area contributed by atoms with Crippen LogP contribution in [0, 0.1) is 13.8 Å². The third kappa shape index (κ3) is 5.75. The predicted octanol–water partition coefficient (Wildman–Crippen LogP) is 4.95. The zero-order valence-corrected chi connectivity index (χ0v) is 18.0. The third-order valence-electron chi connectivity index (χ3n) is 4.84. The molecule has 0 saturated heterocycles. The van der Waals surface area contributed by atoms with E-state index < -0.39 is 6.10 Å². The summed E-state index contributed by atoms with van der Waals surface area (Å²) < 4.78 is 11.9. The van der Waals surface area contributed by atoms with Gasteiger partial charge >= 0.3 is 0 Å². The molecule has 0 aliphatic rings. The zero-order chi connectivity index (χ0) is 20.7. The van der Waals surface area contributed by atoms with Crippen LogP contribution in [0.3, 0.4) is 0 Å². The fourth-order valence-electron chi connectivity index (χ4n) is 2.99. The predicted molar refractivity (Wildman–Crippen MR) is 114 cm³/mol. The summed E-state index contributed by atoms with van der Waals surface area (Å²) in [4.78, 5) is 12.5. The number of para-hydroxylation sites is 1. The molecular weight excluding hydrogens is 350 g/mol. The van der Waals surface area contributed by atoms with Gasteiger partial charge in [0, 0.05) is 0 Å². The van der Waals surface area contributed by atoms with Crippen LogP contribution in [0.2, 0.25) is 0 Å². The molecule has 0 aromatic heterocycles. The summed E-state index contributed by atoms with van der Waals surface area (Å²) in [6, 6.07) is 13.9. The van der Waals surface area contributed by atoms with E-state index in [-0.39, 0.29) is 11.3 Å². The van der Waals surface area contributed by atoms with Gasteiger partial charge in [0.1, 0.15) is 18.1 Å². The van der Waals surface area contributed by atoms with Crippen LogP contribution in [-0.2, 0) is 10.2 Å². The van der Waals surface area contributed by atoms with Gasteiger partial charge in [-0.25, -0.2) is 0 Å². The molecule has 4 heteroatoms. The van der Waals surface area contributed by atoms with Gasteiger partial charge < -0.3 is 14.8 Å². The summed E-state index contributed by atoms with van der Waals surface area (Å²) in [6.45, 7) is 13.3. The summed E-state index contributed by atoms with van der Waals surface area (Å²) in [5.41, 5.74) is 3.38. The van der Waals surface area contributed by atoms with E-state index in [4.69, 9.17) is 9.47 Å². The monoisotopic (exact) mass is 383 g/mol. The molecule has 0 aliphatic heterocycles. The topological polar surface area (TPSA) is 47.6 Å². The van der Waals surface area contributed by atoms with Crippen LogP contribution in [-0.4, -0.2) is 25.2 Å². The van der Waals surface area contributed by atoms with Crippen molar-refractivity contribution in [2.45, 2.75) is 59.5 Å². The Kier molecular flexibility index (Phi) is 7.50. The Balaban J connectivity index is 1.89. The normalized spacial score (nSPS) is 12.4. The Morgan fingerprint density at radius 3 is 2.39 bits per heavy atom. The summed E-state index contributed by atoms with van der Waals surface area (Å²) in [5, 5.41) is 2.93. The molecule has 2 aromatic carbocycles. The fraction of sp³-hybridized carbons (Fsp3) is 0.458. The molecule has 0 bridgehead atoms. The van der Waals surface area contributed by atoms with Crippen LogP contribution in [0.1, 0.15) is 50.8 Å². The second kappa shape index (κ2) is 9.63. The number of rotatable bonds is 8. The van der Waals surface area contributed by atoms with Crippen LogP contribution >= 0.6 is 0 Å². The Morgan fingerprint density at radius 2 is 1.71 bits per heavy atom. The summed E-state index contributed by atoms with van der Waals surface area (Å²) in [6.07, 6.45) is 0.0924. The Labute approximate surface area is 169 Å². The number of aryl methyl sites for hydroxylation is 1. The molecule has 152 valence electrons. The van der Waals surface area contributed by atoms with Gasteiger partial charge in [0.2, 0.25) is 0 Å². The van der Waals surface area contributed by atoms with Crippen molar-refractivity contribution in [1.82, 2.24) is 5.32 Å². The number of hydrogen-bond donors (Lipinski definition) is 1. The molecule has 2 rings (SSSR count). The Morgan fingerprint density at radius 1 is 1.04 bits per heavy atom. The van der Waals surface area contributed by atoms with Crippen molar-refractivity contribution in [3.63, 3.8) is 0 Å². The molecule has 1 atom stereocenters. The lowest BCUT2D eigenvalue weighted by Crippen LogP contribution is -2.40. The van der Waals surface area contributed by atoms with Crippen molar-refractivity contribution in [2.75, 3.05) is 13.2 Å². The number of carbonyl (C=O) groups excluding carboxylic acids is 1. The number of amides is 1. The van der Waals surface area contributed by atoms with E-state index in [0.29, 0.717) is 19.6 Å². The summed E-state index contributed by atoms with van der Waals surface area (Å²) >= 11 is 0. The molecule has 2 aromatic rings. The van der Waals surface area contributed by atoms with E-state index in [1.807, 2.05) is 57.2 Å². The van der Waals surface area contributed by atoms with Gasteiger partial charge in [-0.15, -0.1) is 0 Å². The number of nitrogens with one attached hydrogen (secondary N) is 1. The smallest absolute Gasteiger partial charge is 0.261 e. The maximum absolute atomic E-state index is 12.5. The first-order valence-electron chi connectivity index (χ1n) is 9.97. The van der Waals surface area contributed by atoms with E-state index in [9.17, 15) is 4.79 Å². The highest BCUT2D eigenvalue weighted by molar-refractivity contribution is 5.81. The number of carbonyl (C=O) groups is 1. The van der Waals surface area contributed by atoms with Crippen LogP contribution in [0.25, 0.3) is 0 Å². The van der Waals surface area contributed by atoms with Gasteiger partial charge in [0.05, 0.1) is 6.54 Å². The van der Waals surface area contributed by atoms with Gasteiger partial charge in [0.15, 0.2) is 6.10 Å². The molecule has 1 N–H and O–H groups in total. The van der Waals surface area contributed by atoms with E-state index in [2.05, 4.69) is 32.2 Å². The fourth-order valence-corrected chi connectivity index (χ4v) is 2.99. The lowest BCUT2D eigenvalue weighted by Gasteiger charge is -2.23. The molecule has 0 fully saturated rings. The van der Waals surface area contributed by atoms with Crippen molar-refractivity contribution >= 4 is 5.91 Å². The van der Waals surface area contributed by atoms with Crippen LogP contribution in [0.15, 0.2) is 42.5 Å². The molecule has 1 amide bonds. The average molecular weight is 384 g/mol. The first-order chi connectivity index (χ1) is 13.2. The quantitative estimate of drug-likeness (QED) is 0.656. The molecular formula is C24H33NO3. The van der Waals surface area contributed by atoms with Gasteiger partial charge in [-0.2, -0.15) is 0 Å². The second-order valence-electron chi connectivity index (χ2n) is 8.10. The SMILES string of the molecule is CCC(Oc1cccc(C)c1C)C(=O)NCCOc1ccccc1C(C)(C)C. The molecule has 0 spiro atoms. The van der Waals surface area contributed by atoms with Crippen LogP contribution in [0.5, 0.6) is 11.5 Å². The van der Waals surface area contributed by atoms with Crippen molar-refractivity contribution in [1.29, 1.82) is 0 Å². The van der Waals surface area contributed by atoms with Crippen molar-refractivity contribution in [3.8, 4) is 11.5 Å². The van der Waals surface area contributed by atoms with E-state index in [1.165, 1.54) is 0 Å². The Bertz CT molecular complexity index is 793. The van der Waals surface area contributed by atoms with E-state index in [0.717, 1.165) is 28.2 Å². The minimum atomic E-state index is -0.512. The lowest BCUT2D eigenvalue weighted by molar-refractivity contribution is -0.128. The molecule has 28 heavy (non-hydrogen) atoms. The number of ether oxygens (including phenoxy) is 2. The summed E-state index contributed by atoms with van der Waals surface area (Å²) in [7, 11) is 0. The lowest BCUT2D eigenvalue weighted by atomic mass is 9.86. The number of hydrogen-bond acceptors (Lipinski definition) is 3. The van der Waals surface area contributed by atoms with E-state index >= 15 is 0 Å². The molecule has 0 radical (unpaired) electrons. The maximum atomic E-state index is 12.5. The van der Waals surface area contributed by atoms with Gasteiger partial charge in [-0.3, -0.25) is 4.79 Å². The van der Waals surface area contributed by atoms with Crippen molar-refractivity contribution in [3.05, 3.63) is 59.2 Å². The largest absolute Gasteiger partial charge is 0.491 e. The van der Waals surface area contributed by atoms with Crippen molar-refractivity contribution in [2.24, 2.45) is 0 Å². The highest BCUT2D eigenvalue weighted by Crippen LogP contribution is 2.30. The minimum Gasteiger partial charge on any atom is -0.491 e. The number of benzene rings is 2. The van der Waals surface area contributed by atoms with Gasteiger partial charge in [-0.05, 0) is 54.5 Å². The molecule has 0 aliphatic carbocycles. The van der Waals surface area contributed by atoms with Gasteiger partial charge in [-0.1, -0.05) is 58.0 Å². The Hall–Kier alpha value is -2.49. The third-order valence-corrected chi connectivity index (χ3v) is 4.84. The molecule has 0 heterocycles. The highest BCUT2D eigenvalue weighted by Gasteiger charge is 2.20. The minimum absolute atomic E-state index is 0.00661. The maximum Gasteiger partial charge on any atom is 0.261 e. The molecule has 0 saturated carbocycles. The molecule has 4 nitrogen and oxygen atoms in total. The summed E-state index contributed by atoms with van der Waals surface area (Å²) in [5.74, 6) is 1.51. The zero-order valence-electron chi connectivity index (χ0n) is 18.0. The first-order valence-corrected chi connectivity index (χ1v) is 9.97.